The van der Waals surface area contributed by atoms with Crippen molar-refractivity contribution in [3.8, 4) is 0 Å². The maximum atomic E-state index is 6.30. The van der Waals surface area contributed by atoms with E-state index in [4.69, 9.17) is 11.6 Å². The number of piperazine rings is 1. The van der Waals surface area contributed by atoms with E-state index in [1.54, 1.807) is 17.0 Å². The number of rotatable bonds is 4. The van der Waals surface area contributed by atoms with Gasteiger partial charge in [-0.1, -0.05) is 11.6 Å². The van der Waals surface area contributed by atoms with Crippen molar-refractivity contribution in [3.63, 3.8) is 0 Å². The number of anilines is 1. The first-order valence-corrected chi connectivity index (χ1v) is 8.89. The summed E-state index contributed by atoms with van der Waals surface area (Å²) in [5.41, 5.74) is 1.85. The summed E-state index contributed by atoms with van der Waals surface area (Å²) in [5, 5.41) is 17.6. The molecule has 0 aliphatic carbocycles. The Kier molecular flexibility index (Phi) is 4.30. The standard InChI is InChI=1S/C16H21ClN8/c1-3-24-14(13(17)8-19-24)10-22-6-7-23(12(2)9-22)16-5-4-15-20-18-11-25(15)21-16/h4-5,8,11-12H,3,6-7,9-10H2,1-2H3. The van der Waals surface area contributed by atoms with E-state index in [0.717, 1.165) is 54.9 Å². The molecule has 1 atom stereocenters. The highest BCUT2D eigenvalue weighted by Gasteiger charge is 2.26. The zero-order valence-corrected chi connectivity index (χ0v) is 15.1. The van der Waals surface area contributed by atoms with Crippen LogP contribution in [0.4, 0.5) is 5.82 Å². The topological polar surface area (TPSA) is 67.4 Å². The molecule has 0 amide bonds. The number of hydrogen-bond acceptors (Lipinski definition) is 6. The molecule has 0 aromatic carbocycles. The van der Waals surface area contributed by atoms with Crippen molar-refractivity contribution in [1.82, 2.24) is 34.5 Å². The Labute approximate surface area is 151 Å². The first-order valence-electron chi connectivity index (χ1n) is 8.52. The van der Waals surface area contributed by atoms with Crippen LogP contribution in [-0.4, -0.2) is 60.2 Å². The molecule has 0 saturated carbocycles. The van der Waals surface area contributed by atoms with E-state index in [9.17, 15) is 0 Å². The van der Waals surface area contributed by atoms with Gasteiger partial charge in [0.15, 0.2) is 5.65 Å². The van der Waals surface area contributed by atoms with Crippen LogP contribution in [0.1, 0.15) is 19.5 Å². The van der Waals surface area contributed by atoms with E-state index in [1.165, 1.54) is 0 Å². The molecule has 0 N–H and O–H groups in total. The number of aryl methyl sites for hydroxylation is 1. The molecule has 1 unspecified atom stereocenters. The quantitative estimate of drug-likeness (QED) is 0.705. The molecule has 0 radical (unpaired) electrons. The summed E-state index contributed by atoms with van der Waals surface area (Å²) >= 11 is 6.30. The van der Waals surface area contributed by atoms with E-state index < -0.39 is 0 Å². The molecule has 4 heterocycles. The Morgan fingerprint density at radius 2 is 2.16 bits per heavy atom. The Bertz CT molecular complexity index is 872. The van der Waals surface area contributed by atoms with Crippen LogP contribution in [0.2, 0.25) is 5.02 Å². The molecular formula is C16H21ClN8. The second-order valence-corrected chi connectivity index (χ2v) is 6.76. The van der Waals surface area contributed by atoms with Crippen LogP contribution in [0.3, 0.4) is 0 Å². The molecule has 3 aromatic rings. The Morgan fingerprint density at radius 3 is 2.96 bits per heavy atom. The third kappa shape index (κ3) is 3.07. The van der Waals surface area contributed by atoms with Gasteiger partial charge in [0.1, 0.15) is 12.1 Å². The van der Waals surface area contributed by atoms with Crippen molar-refractivity contribution in [1.29, 1.82) is 0 Å². The van der Waals surface area contributed by atoms with Gasteiger partial charge >= 0.3 is 0 Å². The first-order chi connectivity index (χ1) is 12.2. The number of aromatic nitrogens is 6. The summed E-state index contributed by atoms with van der Waals surface area (Å²) in [6.45, 7) is 8.79. The second-order valence-electron chi connectivity index (χ2n) is 6.36. The fourth-order valence-electron chi connectivity index (χ4n) is 3.42. The van der Waals surface area contributed by atoms with Gasteiger partial charge in [-0.3, -0.25) is 9.58 Å². The van der Waals surface area contributed by atoms with Crippen LogP contribution in [0.5, 0.6) is 0 Å². The lowest BCUT2D eigenvalue weighted by Crippen LogP contribution is -2.52. The molecular weight excluding hydrogens is 340 g/mol. The van der Waals surface area contributed by atoms with Gasteiger partial charge in [-0.05, 0) is 26.0 Å². The van der Waals surface area contributed by atoms with Gasteiger partial charge in [-0.15, -0.1) is 15.3 Å². The summed E-state index contributed by atoms with van der Waals surface area (Å²) < 4.78 is 3.69. The predicted molar refractivity (Wildman–Crippen MR) is 95.8 cm³/mol. The lowest BCUT2D eigenvalue weighted by molar-refractivity contribution is 0.214. The highest BCUT2D eigenvalue weighted by molar-refractivity contribution is 6.31. The van der Waals surface area contributed by atoms with Gasteiger partial charge in [-0.2, -0.15) is 9.61 Å². The maximum Gasteiger partial charge on any atom is 0.177 e. The largest absolute Gasteiger partial charge is 0.350 e. The number of fused-ring (bicyclic) bond motifs is 1. The van der Waals surface area contributed by atoms with E-state index in [-0.39, 0.29) is 0 Å². The molecule has 1 saturated heterocycles. The third-order valence-corrected chi connectivity index (χ3v) is 5.04. The maximum absolute atomic E-state index is 6.30. The number of hydrogen-bond donors (Lipinski definition) is 0. The molecule has 25 heavy (non-hydrogen) atoms. The van der Waals surface area contributed by atoms with Gasteiger partial charge in [-0.25, -0.2) is 0 Å². The Balaban J connectivity index is 1.47. The van der Waals surface area contributed by atoms with Crippen LogP contribution in [0.15, 0.2) is 24.7 Å². The zero-order valence-electron chi connectivity index (χ0n) is 14.4. The molecule has 4 rings (SSSR count). The molecule has 0 bridgehead atoms. The SMILES string of the molecule is CCn1ncc(Cl)c1CN1CCN(c2ccc3nncn3n2)C(C)C1. The van der Waals surface area contributed by atoms with Gasteiger partial charge in [0.25, 0.3) is 0 Å². The van der Waals surface area contributed by atoms with Crippen molar-refractivity contribution in [2.24, 2.45) is 0 Å². The molecule has 3 aromatic heterocycles. The van der Waals surface area contributed by atoms with Crippen molar-refractivity contribution in [2.45, 2.75) is 33.0 Å². The second kappa shape index (κ2) is 6.61. The minimum absolute atomic E-state index is 0.354. The Morgan fingerprint density at radius 1 is 1.28 bits per heavy atom. The number of nitrogens with zero attached hydrogens (tertiary/aromatic N) is 8. The monoisotopic (exact) mass is 360 g/mol. The van der Waals surface area contributed by atoms with E-state index in [1.807, 2.05) is 16.8 Å². The molecule has 8 nitrogen and oxygen atoms in total. The van der Waals surface area contributed by atoms with Gasteiger partial charge in [0, 0.05) is 38.8 Å². The third-order valence-electron chi connectivity index (χ3n) is 4.72. The van der Waals surface area contributed by atoms with Crippen LogP contribution in [-0.2, 0) is 13.1 Å². The summed E-state index contributed by atoms with van der Waals surface area (Å²) in [6.07, 6.45) is 3.37. The zero-order chi connectivity index (χ0) is 17.4. The van der Waals surface area contributed by atoms with Gasteiger partial charge in [0.2, 0.25) is 0 Å². The average molecular weight is 361 g/mol. The molecule has 0 spiro atoms. The predicted octanol–water partition coefficient (Wildman–Crippen LogP) is 1.70. The Hall–Kier alpha value is -2.19. The first kappa shape index (κ1) is 16.3. The van der Waals surface area contributed by atoms with E-state index in [2.05, 4.69) is 44.0 Å². The van der Waals surface area contributed by atoms with Crippen LogP contribution >= 0.6 is 11.6 Å². The van der Waals surface area contributed by atoms with Gasteiger partial charge < -0.3 is 4.90 Å². The molecule has 132 valence electrons. The van der Waals surface area contributed by atoms with E-state index in [0.29, 0.717) is 6.04 Å². The number of halogens is 1. The van der Waals surface area contributed by atoms with Crippen molar-refractivity contribution in [3.05, 3.63) is 35.4 Å². The fraction of sp³-hybridized carbons (Fsp3) is 0.500. The van der Waals surface area contributed by atoms with Gasteiger partial charge in [0.05, 0.1) is 16.9 Å². The highest BCUT2D eigenvalue weighted by atomic mass is 35.5. The lowest BCUT2D eigenvalue weighted by Gasteiger charge is -2.40. The summed E-state index contributed by atoms with van der Waals surface area (Å²) in [5.74, 6) is 0.955. The minimum Gasteiger partial charge on any atom is -0.350 e. The normalized spacial score (nSPS) is 19.0. The fourth-order valence-corrected chi connectivity index (χ4v) is 3.62. The minimum atomic E-state index is 0.354. The van der Waals surface area contributed by atoms with Crippen LogP contribution in [0.25, 0.3) is 5.65 Å². The summed E-state index contributed by atoms with van der Waals surface area (Å²) in [7, 11) is 0. The van der Waals surface area contributed by atoms with Crippen molar-refractivity contribution < 1.29 is 0 Å². The van der Waals surface area contributed by atoms with Crippen molar-refractivity contribution >= 4 is 23.1 Å². The van der Waals surface area contributed by atoms with Crippen molar-refractivity contribution in [2.75, 3.05) is 24.5 Å². The smallest absolute Gasteiger partial charge is 0.177 e. The summed E-state index contributed by atoms with van der Waals surface area (Å²) in [6, 6.07) is 4.32. The van der Waals surface area contributed by atoms with E-state index >= 15 is 0 Å². The molecule has 9 heteroatoms. The highest BCUT2D eigenvalue weighted by Crippen LogP contribution is 2.22. The average Bonchev–Trinajstić information content (AvgIpc) is 3.21. The molecule has 1 fully saturated rings. The van der Waals surface area contributed by atoms with Crippen LogP contribution in [0, 0.1) is 0 Å². The van der Waals surface area contributed by atoms with Crippen LogP contribution < -0.4 is 4.90 Å². The lowest BCUT2D eigenvalue weighted by atomic mass is 10.2. The summed E-state index contributed by atoms with van der Waals surface area (Å²) in [4.78, 5) is 4.75. The molecule has 1 aliphatic rings. The molecule has 1 aliphatic heterocycles.